The highest BCUT2D eigenvalue weighted by Crippen LogP contribution is 2.39. The van der Waals surface area contributed by atoms with Gasteiger partial charge in [-0.2, -0.15) is 13.2 Å². The number of thiazole rings is 1. The number of alkyl halides is 3. The first-order valence-corrected chi connectivity index (χ1v) is 7.02. The molecule has 0 radical (unpaired) electrons. The van der Waals surface area contributed by atoms with Crippen molar-refractivity contribution >= 4 is 33.0 Å². The van der Waals surface area contributed by atoms with Crippen molar-refractivity contribution in [1.82, 2.24) is 9.97 Å². The molecule has 0 saturated heterocycles. The standard InChI is InChI=1S/C12H8BrF3N2OS/c1-5-3-7(8(13)4-17-5)11-18-10(12(14,15)16)9(20-11)6(2)19/h3-4H,1-2H3. The van der Waals surface area contributed by atoms with Crippen LogP contribution in [0.2, 0.25) is 0 Å². The van der Waals surface area contributed by atoms with Crippen molar-refractivity contribution in [2.24, 2.45) is 0 Å². The summed E-state index contributed by atoms with van der Waals surface area (Å²) >= 11 is 3.96. The molecular weight excluding hydrogens is 357 g/mol. The third-order valence-corrected chi connectivity index (χ3v) is 4.26. The largest absolute Gasteiger partial charge is 0.434 e. The molecule has 106 valence electrons. The summed E-state index contributed by atoms with van der Waals surface area (Å²) in [6, 6.07) is 1.62. The molecule has 0 amide bonds. The zero-order chi connectivity index (χ0) is 15.1. The van der Waals surface area contributed by atoms with E-state index in [-0.39, 0.29) is 9.88 Å². The lowest BCUT2D eigenvalue weighted by Gasteiger charge is -2.03. The van der Waals surface area contributed by atoms with Crippen LogP contribution in [0.4, 0.5) is 13.2 Å². The number of aryl methyl sites for hydroxylation is 1. The number of nitrogens with zero attached hydrogens (tertiary/aromatic N) is 2. The van der Waals surface area contributed by atoms with Crippen LogP contribution in [-0.4, -0.2) is 15.8 Å². The van der Waals surface area contributed by atoms with E-state index in [1.165, 1.54) is 6.20 Å². The Morgan fingerprint density at radius 2 is 2.05 bits per heavy atom. The first kappa shape index (κ1) is 15.1. The number of rotatable bonds is 2. The van der Waals surface area contributed by atoms with E-state index < -0.39 is 17.7 Å². The Morgan fingerprint density at radius 1 is 1.40 bits per heavy atom. The Morgan fingerprint density at radius 3 is 2.55 bits per heavy atom. The molecule has 0 unspecified atom stereocenters. The van der Waals surface area contributed by atoms with Gasteiger partial charge in [-0.3, -0.25) is 9.78 Å². The minimum atomic E-state index is -4.65. The number of pyridine rings is 1. The Labute approximate surface area is 125 Å². The van der Waals surface area contributed by atoms with Crippen LogP contribution in [0.5, 0.6) is 0 Å². The zero-order valence-electron chi connectivity index (χ0n) is 10.4. The lowest BCUT2D eigenvalue weighted by Crippen LogP contribution is -2.10. The third kappa shape index (κ3) is 2.90. The molecule has 0 aromatic carbocycles. The molecule has 0 saturated carbocycles. The fourth-order valence-electron chi connectivity index (χ4n) is 1.57. The number of hydrogen-bond acceptors (Lipinski definition) is 4. The van der Waals surface area contributed by atoms with Gasteiger partial charge in [-0.05, 0) is 28.9 Å². The topological polar surface area (TPSA) is 42.9 Å². The maximum atomic E-state index is 12.9. The quantitative estimate of drug-likeness (QED) is 0.737. The predicted molar refractivity (Wildman–Crippen MR) is 72.8 cm³/mol. The van der Waals surface area contributed by atoms with Gasteiger partial charge in [0.2, 0.25) is 0 Å². The van der Waals surface area contributed by atoms with E-state index >= 15 is 0 Å². The van der Waals surface area contributed by atoms with Gasteiger partial charge in [0.25, 0.3) is 0 Å². The maximum Gasteiger partial charge on any atom is 0.434 e. The van der Waals surface area contributed by atoms with E-state index in [2.05, 4.69) is 25.9 Å². The number of hydrogen-bond donors (Lipinski definition) is 0. The van der Waals surface area contributed by atoms with E-state index in [4.69, 9.17) is 0 Å². The van der Waals surface area contributed by atoms with Crippen molar-refractivity contribution in [2.75, 3.05) is 0 Å². The number of aromatic nitrogens is 2. The summed E-state index contributed by atoms with van der Waals surface area (Å²) in [7, 11) is 0. The maximum absolute atomic E-state index is 12.9. The second-order valence-electron chi connectivity index (χ2n) is 4.06. The molecule has 2 heterocycles. The Hall–Kier alpha value is -1.28. The highest BCUT2D eigenvalue weighted by atomic mass is 79.9. The minimum Gasteiger partial charge on any atom is -0.294 e. The molecule has 0 aliphatic carbocycles. The monoisotopic (exact) mass is 364 g/mol. The molecule has 0 fully saturated rings. The van der Waals surface area contributed by atoms with Crippen LogP contribution >= 0.6 is 27.3 Å². The Balaban J connectivity index is 2.65. The number of ketones is 1. The first-order chi connectivity index (χ1) is 9.20. The molecule has 0 aliphatic heterocycles. The summed E-state index contributed by atoms with van der Waals surface area (Å²) < 4.78 is 39.2. The van der Waals surface area contributed by atoms with Crippen molar-refractivity contribution < 1.29 is 18.0 Å². The highest BCUT2D eigenvalue weighted by molar-refractivity contribution is 9.10. The van der Waals surface area contributed by atoms with Gasteiger partial charge in [0.05, 0.1) is 0 Å². The molecule has 2 aromatic rings. The van der Waals surface area contributed by atoms with Gasteiger partial charge in [0, 0.05) is 28.9 Å². The van der Waals surface area contributed by atoms with E-state index in [0.717, 1.165) is 18.3 Å². The minimum absolute atomic E-state index is 0.139. The summed E-state index contributed by atoms with van der Waals surface area (Å²) in [5.41, 5.74) is 0.00296. The molecule has 2 aromatic heterocycles. The average Bonchev–Trinajstić information content (AvgIpc) is 2.77. The van der Waals surface area contributed by atoms with Crippen molar-refractivity contribution in [1.29, 1.82) is 0 Å². The van der Waals surface area contributed by atoms with Gasteiger partial charge >= 0.3 is 6.18 Å². The number of Topliss-reactive ketones (excluding diaryl/α,β-unsaturated/α-hetero) is 1. The summed E-state index contributed by atoms with van der Waals surface area (Å²) in [6.45, 7) is 2.82. The van der Waals surface area contributed by atoms with Gasteiger partial charge in [0.1, 0.15) is 9.88 Å². The van der Waals surface area contributed by atoms with Crippen LogP contribution < -0.4 is 0 Å². The summed E-state index contributed by atoms with van der Waals surface area (Å²) in [5.74, 6) is -0.650. The molecule has 3 nitrogen and oxygen atoms in total. The summed E-state index contributed by atoms with van der Waals surface area (Å²) in [5, 5.41) is 0.139. The van der Waals surface area contributed by atoms with E-state index in [9.17, 15) is 18.0 Å². The molecule has 0 atom stereocenters. The number of halogens is 4. The third-order valence-electron chi connectivity index (χ3n) is 2.44. The van der Waals surface area contributed by atoms with E-state index in [1.807, 2.05) is 0 Å². The second kappa shape index (κ2) is 5.25. The number of carbonyl (C=O) groups excluding carboxylic acids is 1. The van der Waals surface area contributed by atoms with Crippen molar-refractivity contribution in [3.63, 3.8) is 0 Å². The van der Waals surface area contributed by atoms with Crippen LogP contribution in [0.15, 0.2) is 16.7 Å². The van der Waals surface area contributed by atoms with Gasteiger partial charge in [-0.25, -0.2) is 4.98 Å². The molecule has 8 heteroatoms. The molecular formula is C12H8BrF3N2OS. The zero-order valence-corrected chi connectivity index (χ0v) is 12.8. The van der Waals surface area contributed by atoms with Gasteiger partial charge < -0.3 is 0 Å². The first-order valence-electron chi connectivity index (χ1n) is 5.41. The highest BCUT2D eigenvalue weighted by Gasteiger charge is 2.39. The summed E-state index contributed by atoms with van der Waals surface area (Å²) in [6.07, 6.45) is -3.16. The lowest BCUT2D eigenvalue weighted by atomic mass is 10.2. The van der Waals surface area contributed by atoms with Crippen LogP contribution in [0.3, 0.4) is 0 Å². The SMILES string of the molecule is CC(=O)c1sc(-c2cc(C)ncc2Br)nc1C(F)(F)F. The van der Waals surface area contributed by atoms with Crippen molar-refractivity contribution in [2.45, 2.75) is 20.0 Å². The molecule has 0 spiro atoms. The molecule has 20 heavy (non-hydrogen) atoms. The second-order valence-corrected chi connectivity index (χ2v) is 5.91. The van der Waals surface area contributed by atoms with Crippen molar-refractivity contribution in [3.8, 4) is 10.6 Å². The van der Waals surface area contributed by atoms with Crippen molar-refractivity contribution in [3.05, 3.63) is 33.0 Å². The van der Waals surface area contributed by atoms with Gasteiger partial charge in [-0.15, -0.1) is 11.3 Å². The van der Waals surface area contributed by atoms with Crippen LogP contribution in [0.1, 0.15) is 28.0 Å². The van der Waals surface area contributed by atoms with Gasteiger partial charge in [-0.1, -0.05) is 0 Å². The summed E-state index contributed by atoms with van der Waals surface area (Å²) in [4.78, 5) is 18.6. The molecule has 0 bridgehead atoms. The lowest BCUT2D eigenvalue weighted by molar-refractivity contribution is -0.141. The Bertz CT molecular complexity index is 682. The fraction of sp³-hybridized carbons (Fsp3) is 0.250. The predicted octanol–water partition coefficient (Wildman–Crippen LogP) is 4.50. The van der Waals surface area contributed by atoms with Crippen LogP contribution in [0.25, 0.3) is 10.6 Å². The van der Waals surface area contributed by atoms with Gasteiger partial charge in [0.15, 0.2) is 11.5 Å². The molecule has 0 N–H and O–H groups in total. The fourth-order valence-corrected chi connectivity index (χ4v) is 3.12. The molecule has 0 aliphatic rings. The van der Waals surface area contributed by atoms with Crippen LogP contribution in [-0.2, 0) is 6.18 Å². The average molecular weight is 365 g/mol. The smallest absolute Gasteiger partial charge is 0.294 e. The van der Waals surface area contributed by atoms with Crippen LogP contribution in [0, 0.1) is 6.92 Å². The normalized spacial score (nSPS) is 11.7. The van der Waals surface area contributed by atoms with E-state index in [1.54, 1.807) is 13.0 Å². The Kier molecular flexibility index (Phi) is 3.97. The molecule has 2 rings (SSSR count). The number of carbonyl (C=O) groups is 1. The van der Waals surface area contributed by atoms with E-state index in [0.29, 0.717) is 15.7 Å².